The molecule has 1 aromatic carbocycles. The van der Waals surface area contributed by atoms with E-state index in [-0.39, 0.29) is 0 Å². The molecule has 0 aliphatic carbocycles. The number of ether oxygens (including phenoxy) is 1. The zero-order chi connectivity index (χ0) is 14.9. The van der Waals surface area contributed by atoms with E-state index in [1.54, 1.807) is 0 Å². The Bertz CT molecular complexity index is 533. The summed E-state index contributed by atoms with van der Waals surface area (Å²) < 4.78 is 7.82. The Labute approximate surface area is 128 Å². The molecule has 0 amide bonds. The van der Waals surface area contributed by atoms with Crippen molar-refractivity contribution in [2.75, 3.05) is 26.3 Å². The summed E-state index contributed by atoms with van der Waals surface area (Å²) in [4.78, 5) is 0. The van der Waals surface area contributed by atoms with Gasteiger partial charge in [0.25, 0.3) is 0 Å². The first-order chi connectivity index (χ1) is 10.4. The van der Waals surface area contributed by atoms with Crippen molar-refractivity contribution in [3.05, 3.63) is 36.0 Å². The summed E-state index contributed by atoms with van der Waals surface area (Å²) in [6.45, 7) is 8.98. The van der Waals surface area contributed by atoms with E-state index in [4.69, 9.17) is 4.74 Å². The van der Waals surface area contributed by atoms with E-state index in [1.807, 2.05) is 6.92 Å². The Morgan fingerprint density at radius 1 is 1.14 bits per heavy atom. The quantitative estimate of drug-likeness (QED) is 0.676. The summed E-state index contributed by atoms with van der Waals surface area (Å²) in [5.74, 6) is 0. The summed E-state index contributed by atoms with van der Waals surface area (Å²) in [5.41, 5.74) is 2.79. The standard InChI is InChI=1S/C18H28N2O/c1-3-11-19-12-7-8-16-15-20(13-14-21-4-2)18-10-6-5-9-17(16)18/h5-6,9-10,15,19H,3-4,7-8,11-14H2,1-2H3. The minimum Gasteiger partial charge on any atom is -0.380 e. The number of rotatable bonds is 10. The third-order valence-electron chi connectivity index (χ3n) is 3.78. The lowest BCUT2D eigenvalue weighted by Gasteiger charge is -2.04. The summed E-state index contributed by atoms with van der Waals surface area (Å²) in [6.07, 6.45) is 5.85. The SMILES string of the molecule is CCCNCCCc1cn(CCOCC)c2ccccc12. The Hall–Kier alpha value is -1.32. The van der Waals surface area contributed by atoms with Crippen LogP contribution in [0.25, 0.3) is 10.9 Å². The molecule has 0 saturated carbocycles. The largest absolute Gasteiger partial charge is 0.380 e. The average Bonchev–Trinajstić information content (AvgIpc) is 2.86. The number of para-hydroxylation sites is 1. The van der Waals surface area contributed by atoms with Crippen LogP contribution in [0.5, 0.6) is 0 Å². The van der Waals surface area contributed by atoms with Gasteiger partial charge in [-0.1, -0.05) is 25.1 Å². The molecule has 0 atom stereocenters. The van der Waals surface area contributed by atoms with Gasteiger partial charge in [-0.05, 0) is 50.9 Å². The monoisotopic (exact) mass is 288 g/mol. The molecule has 3 heteroatoms. The van der Waals surface area contributed by atoms with Crippen molar-refractivity contribution in [3.8, 4) is 0 Å². The fourth-order valence-electron chi connectivity index (χ4n) is 2.72. The van der Waals surface area contributed by atoms with Crippen molar-refractivity contribution in [2.24, 2.45) is 0 Å². The molecule has 1 heterocycles. The molecule has 0 aliphatic heterocycles. The molecule has 0 unspecified atom stereocenters. The van der Waals surface area contributed by atoms with Crippen LogP contribution in [0.4, 0.5) is 0 Å². The van der Waals surface area contributed by atoms with E-state index in [2.05, 4.69) is 47.3 Å². The molecule has 0 bridgehead atoms. The van der Waals surface area contributed by atoms with Crippen LogP contribution in [0.1, 0.15) is 32.3 Å². The van der Waals surface area contributed by atoms with Gasteiger partial charge in [0, 0.05) is 30.3 Å². The molecule has 0 aliphatic rings. The van der Waals surface area contributed by atoms with E-state index in [0.717, 1.165) is 39.3 Å². The molecule has 1 N–H and O–H groups in total. The summed E-state index contributed by atoms with van der Waals surface area (Å²) in [7, 11) is 0. The third-order valence-corrected chi connectivity index (χ3v) is 3.78. The summed E-state index contributed by atoms with van der Waals surface area (Å²) in [5, 5.41) is 4.87. The number of aromatic nitrogens is 1. The Balaban J connectivity index is 2.01. The first kappa shape index (κ1) is 16.1. The van der Waals surface area contributed by atoms with Crippen LogP contribution in [-0.4, -0.2) is 30.9 Å². The predicted octanol–water partition coefficient (Wildman–Crippen LogP) is 3.61. The summed E-state index contributed by atoms with van der Waals surface area (Å²) >= 11 is 0. The van der Waals surface area contributed by atoms with Crippen LogP contribution in [0, 0.1) is 0 Å². The number of aryl methyl sites for hydroxylation is 1. The Morgan fingerprint density at radius 2 is 2.00 bits per heavy atom. The van der Waals surface area contributed by atoms with Gasteiger partial charge in [-0.3, -0.25) is 0 Å². The maximum atomic E-state index is 5.49. The lowest BCUT2D eigenvalue weighted by molar-refractivity contribution is 0.140. The predicted molar refractivity (Wildman–Crippen MR) is 89.9 cm³/mol. The highest BCUT2D eigenvalue weighted by atomic mass is 16.5. The second kappa shape index (κ2) is 8.85. The number of hydrogen-bond acceptors (Lipinski definition) is 2. The lowest BCUT2D eigenvalue weighted by Crippen LogP contribution is -2.16. The number of nitrogens with one attached hydrogen (secondary N) is 1. The van der Waals surface area contributed by atoms with Crippen molar-refractivity contribution in [2.45, 2.75) is 39.7 Å². The Morgan fingerprint density at radius 3 is 2.81 bits per heavy atom. The highest BCUT2D eigenvalue weighted by Crippen LogP contribution is 2.22. The zero-order valence-corrected chi connectivity index (χ0v) is 13.4. The van der Waals surface area contributed by atoms with E-state index in [9.17, 15) is 0 Å². The van der Waals surface area contributed by atoms with Gasteiger partial charge in [0.2, 0.25) is 0 Å². The third kappa shape index (κ3) is 4.58. The van der Waals surface area contributed by atoms with Crippen LogP contribution in [0.2, 0.25) is 0 Å². The van der Waals surface area contributed by atoms with Crippen LogP contribution < -0.4 is 5.32 Å². The first-order valence-electron chi connectivity index (χ1n) is 8.22. The number of nitrogens with zero attached hydrogens (tertiary/aromatic N) is 1. The smallest absolute Gasteiger partial charge is 0.0645 e. The molecule has 21 heavy (non-hydrogen) atoms. The van der Waals surface area contributed by atoms with Gasteiger partial charge in [0.1, 0.15) is 0 Å². The Kier molecular flexibility index (Phi) is 6.77. The van der Waals surface area contributed by atoms with E-state index in [1.165, 1.54) is 29.3 Å². The fraction of sp³-hybridized carbons (Fsp3) is 0.556. The minimum absolute atomic E-state index is 0.784. The maximum absolute atomic E-state index is 5.49. The molecular weight excluding hydrogens is 260 g/mol. The highest BCUT2D eigenvalue weighted by molar-refractivity contribution is 5.83. The van der Waals surface area contributed by atoms with Crippen molar-refractivity contribution >= 4 is 10.9 Å². The highest BCUT2D eigenvalue weighted by Gasteiger charge is 2.07. The van der Waals surface area contributed by atoms with Crippen molar-refractivity contribution < 1.29 is 4.74 Å². The normalized spacial score (nSPS) is 11.3. The molecule has 3 nitrogen and oxygen atoms in total. The molecule has 0 saturated heterocycles. The van der Waals surface area contributed by atoms with E-state index < -0.39 is 0 Å². The van der Waals surface area contributed by atoms with Gasteiger partial charge < -0.3 is 14.6 Å². The first-order valence-corrected chi connectivity index (χ1v) is 8.22. The second-order valence-corrected chi connectivity index (χ2v) is 5.42. The van der Waals surface area contributed by atoms with Gasteiger partial charge in [-0.15, -0.1) is 0 Å². The van der Waals surface area contributed by atoms with Crippen molar-refractivity contribution in [3.63, 3.8) is 0 Å². The maximum Gasteiger partial charge on any atom is 0.0645 e. The van der Waals surface area contributed by atoms with Crippen molar-refractivity contribution in [1.82, 2.24) is 9.88 Å². The number of benzene rings is 1. The van der Waals surface area contributed by atoms with Gasteiger partial charge in [0.15, 0.2) is 0 Å². The van der Waals surface area contributed by atoms with Crippen LogP contribution in [0.15, 0.2) is 30.5 Å². The fourth-order valence-corrected chi connectivity index (χ4v) is 2.72. The van der Waals surface area contributed by atoms with Gasteiger partial charge in [-0.25, -0.2) is 0 Å². The molecular formula is C18H28N2O. The lowest BCUT2D eigenvalue weighted by atomic mass is 10.1. The average molecular weight is 288 g/mol. The van der Waals surface area contributed by atoms with Crippen LogP contribution in [-0.2, 0) is 17.7 Å². The second-order valence-electron chi connectivity index (χ2n) is 5.42. The molecule has 0 spiro atoms. The minimum atomic E-state index is 0.784. The van der Waals surface area contributed by atoms with Crippen LogP contribution >= 0.6 is 0 Å². The summed E-state index contributed by atoms with van der Waals surface area (Å²) in [6, 6.07) is 8.70. The van der Waals surface area contributed by atoms with Crippen LogP contribution in [0.3, 0.4) is 0 Å². The van der Waals surface area contributed by atoms with E-state index >= 15 is 0 Å². The van der Waals surface area contributed by atoms with Gasteiger partial charge >= 0.3 is 0 Å². The van der Waals surface area contributed by atoms with Crippen molar-refractivity contribution in [1.29, 1.82) is 0 Å². The molecule has 116 valence electrons. The molecule has 2 rings (SSSR count). The molecule has 1 aromatic heterocycles. The number of fused-ring (bicyclic) bond motifs is 1. The van der Waals surface area contributed by atoms with Gasteiger partial charge in [-0.2, -0.15) is 0 Å². The zero-order valence-electron chi connectivity index (χ0n) is 13.4. The molecule has 0 radical (unpaired) electrons. The molecule has 0 fully saturated rings. The molecule has 2 aromatic rings. The van der Waals surface area contributed by atoms with Gasteiger partial charge in [0.05, 0.1) is 6.61 Å². The van der Waals surface area contributed by atoms with E-state index in [0.29, 0.717) is 0 Å². The topological polar surface area (TPSA) is 26.2 Å². The number of hydrogen-bond donors (Lipinski definition) is 1.